The Hall–Kier alpha value is -1.14. The first-order valence-electron chi connectivity index (χ1n) is 9.10. The summed E-state index contributed by atoms with van der Waals surface area (Å²) < 4.78 is 0. The molecule has 1 aromatic heterocycles. The fraction of sp³-hybridized carbons (Fsp3) is 0.778. The molecule has 0 unspecified atom stereocenters. The lowest BCUT2D eigenvalue weighted by atomic mass is 10.2. The van der Waals surface area contributed by atoms with Crippen molar-refractivity contribution in [1.82, 2.24) is 20.5 Å². The van der Waals surface area contributed by atoms with Gasteiger partial charge in [0.15, 0.2) is 5.96 Å². The van der Waals surface area contributed by atoms with Crippen molar-refractivity contribution in [2.45, 2.75) is 66.0 Å². The number of nitrogens with zero attached hydrogens (tertiary/aromatic N) is 3. The summed E-state index contributed by atoms with van der Waals surface area (Å²) in [6.45, 7) is 14.5. The maximum Gasteiger partial charge on any atom is 0.191 e. The van der Waals surface area contributed by atoms with Crippen LogP contribution in [-0.2, 0) is 6.54 Å². The normalized spacial score (nSPS) is 12.5. The molecule has 2 N–H and O–H groups in total. The molecule has 1 heterocycles. The average Bonchev–Trinajstić information content (AvgIpc) is 3.01. The van der Waals surface area contributed by atoms with Gasteiger partial charge in [0.1, 0.15) is 5.01 Å². The molecule has 1 rings (SSSR count). The highest BCUT2D eigenvalue weighted by Gasteiger charge is 2.06. The van der Waals surface area contributed by atoms with E-state index in [4.69, 9.17) is 0 Å². The van der Waals surface area contributed by atoms with Crippen molar-refractivity contribution >= 4 is 17.3 Å². The molecule has 0 saturated heterocycles. The first-order valence-corrected chi connectivity index (χ1v) is 9.98. The smallest absolute Gasteiger partial charge is 0.191 e. The van der Waals surface area contributed by atoms with Crippen molar-refractivity contribution in [1.29, 1.82) is 0 Å². The summed E-state index contributed by atoms with van der Waals surface area (Å²) in [5.74, 6) is 1.37. The third-order valence-corrected chi connectivity index (χ3v) is 4.84. The van der Waals surface area contributed by atoms with Crippen molar-refractivity contribution in [3.8, 4) is 0 Å². The fourth-order valence-corrected chi connectivity index (χ4v) is 2.98. The van der Waals surface area contributed by atoms with Gasteiger partial charge in [0.05, 0.1) is 12.2 Å². The molecule has 0 aliphatic rings. The van der Waals surface area contributed by atoms with Crippen LogP contribution < -0.4 is 10.6 Å². The Kier molecular flexibility index (Phi) is 9.95. The Morgan fingerprint density at radius 2 is 2.00 bits per heavy atom. The van der Waals surface area contributed by atoms with E-state index in [0.717, 1.165) is 42.7 Å². The Morgan fingerprint density at radius 1 is 1.25 bits per heavy atom. The molecule has 0 aliphatic carbocycles. The lowest BCUT2D eigenvalue weighted by Gasteiger charge is -2.20. The SMILES string of the molecule is CCNC(=NCc1nc(C(C)C)cs1)NCCCCN(C)C(C)C. The molecule has 0 aromatic carbocycles. The minimum Gasteiger partial charge on any atom is -0.357 e. The number of guanidine groups is 1. The van der Waals surface area contributed by atoms with Crippen LogP contribution in [-0.4, -0.2) is 48.6 Å². The highest BCUT2D eigenvalue weighted by Crippen LogP contribution is 2.18. The molecule has 0 amide bonds. The number of hydrogen-bond acceptors (Lipinski definition) is 4. The van der Waals surface area contributed by atoms with Crippen molar-refractivity contribution in [3.63, 3.8) is 0 Å². The monoisotopic (exact) mass is 353 g/mol. The van der Waals surface area contributed by atoms with Crippen LogP contribution in [0.15, 0.2) is 10.4 Å². The molecule has 0 fully saturated rings. The van der Waals surface area contributed by atoms with E-state index in [1.165, 1.54) is 6.42 Å². The van der Waals surface area contributed by atoms with Crippen LogP contribution in [0.2, 0.25) is 0 Å². The molecule has 0 spiro atoms. The van der Waals surface area contributed by atoms with Crippen LogP contribution in [0.3, 0.4) is 0 Å². The maximum absolute atomic E-state index is 4.65. The van der Waals surface area contributed by atoms with Gasteiger partial charge in [-0.05, 0) is 53.1 Å². The molecule has 24 heavy (non-hydrogen) atoms. The van der Waals surface area contributed by atoms with E-state index in [2.05, 4.69) is 72.6 Å². The molecule has 0 bridgehead atoms. The van der Waals surface area contributed by atoms with Gasteiger partial charge < -0.3 is 15.5 Å². The van der Waals surface area contributed by atoms with Crippen molar-refractivity contribution in [2.24, 2.45) is 4.99 Å². The van der Waals surface area contributed by atoms with Crippen molar-refractivity contribution in [3.05, 3.63) is 16.1 Å². The van der Waals surface area contributed by atoms with Gasteiger partial charge in [-0.1, -0.05) is 13.8 Å². The van der Waals surface area contributed by atoms with Gasteiger partial charge >= 0.3 is 0 Å². The molecule has 0 saturated carbocycles. The molecule has 6 heteroatoms. The van der Waals surface area contributed by atoms with Gasteiger partial charge in [0, 0.05) is 24.5 Å². The van der Waals surface area contributed by atoms with E-state index < -0.39 is 0 Å². The molecule has 138 valence electrons. The largest absolute Gasteiger partial charge is 0.357 e. The lowest BCUT2D eigenvalue weighted by molar-refractivity contribution is 0.268. The Labute approximate surface area is 152 Å². The molecular formula is C18H35N5S. The second kappa shape index (κ2) is 11.4. The average molecular weight is 354 g/mol. The highest BCUT2D eigenvalue weighted by molar-refractivity contribution is 7.09. The summed E-state index contributed by atoms with van der Waals surface area (Å²) in [7, 11) is 2.18. The number of aliphatic imine (C=N–C) groups is 1. The fourth-order valence-electron chi connectivity index (χ4n) is 2.10. The second-order valence-electron chi connectivity index (χ2n) is 6.72. The first-order chi connectivity index (χ1) is 11.4. The van der Waals surface area contributed by atoms with E-state index in [-0.39, 0.29) is 0 Å². The molecular weight excluding hydrogens is 318 g/mol. The Morgan fingerprint density at radius 3 is 2.58 bits per heavy atom. The third kappa shape index (κ3) is 8.11. The standard InChI is InChI=1S/C18H35N5S/c1-7-19-18(20-10-8-9-11-23(6)15(4)5)21-12-17-22-16(13-24-17)14(2)3/h13-15H,7-12H2,1-6H3,(H2,19,20,21). The van der Waals surface area contributed by atoms with Crippen molar-refractivity contribution < 1.29 is 0 Å². The van der Waals surface area contributed by atoms with Crippen LogP contribution in [0, 0.1) is 0 Å². The van der Waals surface area contributed by atoms with Crippen LogP contribution in [0.5, 0.6) is 0 Å². The van der Waals surface area contributed by atoms with Gasteiger partial charge in [-0.2, -0.15) is 0 Å². The summed E-state index contributed by atoms with van der Waals surface area (Å²) >= 11 is 1.70. The van der Waals surface area contributed by atoms with E-state index in [9.17, 15) is 0 Å². The summed E-state index contributed by atoms with van der Waals surface area (Å²) in [4.78, 5) is 11.7. The maximum atomic E-state index is 4.65. The zero-order valence-corrected chi connectivity index (χ0v) is 17.0. The Balaban J connectivity index is 2.36. The Bertz CT molecular complexity index is 482. The third-order valence-electron chi connectivity index (χ3n) is 3.99. The van der Waals surface area contributed by atoms with E-state index in [0.29, 0.717) is 18.5 Å². The van der Waals surface area contributed by atoms with Gasteiger partial charge in [-0.25, -0.2) is 9.98 Å². The zero-order valence-electron chi connectivity index (χ0n) is 16.2. The van der Waals surface area contributed by atoms with Crippen LogP contribution in [0.1, 0.15) is 64.1 Å². The molecule has 5 nitrogen and oxygen atoms in total. The summed E-state index contributed by atoms with van der Waals surface area (Å²) in [5, 5.41) is 9.94. The number of thiazole rings is 1. The number of unbranched alkanes of at least 4 members (excludes halogenated alkanes) is 1. The van der Waals surface area contributed by atoms with Gasteiger partial charge in [0.25, 0.3) is 0 Å². The van der Waals surface area contributed by atoms with E-state index >= 15 is 0 Å². The molecule has 0 atom stereocenters. The minimum absolute atomic E-state index is 0.481. The number of aromatic nitrogens is 1. The van der Waals surface area contributed by atoms with Crippen LogP contribution >= 0.6 is 11.3 Å². The predicted molar refractivity (Wildman–Crippen MR) is 106 cm³/mol. The zero-order chi connectivity index (χ0) is 17.9. The summed E-state index contributed by atoms with van der Waals surface area (Å²) in [6, 6.07) is 0.617. The lowest BCUT2D eigenvalue weighted by Crippen LogP contribution is -2.38. The minimum atomic E-state index is 0.481. The second-order valence-corrected chi connectivity index (χ2v) is 7.67. The van der Waals surface area contributed by atoms with Crippen LogP contribution in [0.25, 0.3) is 0 Å². The molecule has 0 aliphatic heterocycles. The van der Waals surface area contributed by atoms with Gasteiger partial charge in [0.2, 0.25) is 0 Å². The highest BCUT2D eigenvalue weighted by atomic mass is 32.1. The molecule has 0 radical (unpaired) electrons. The van der Waals surface area contributed by atoms with Crippen LogP contribution in [0.4, 0.5) is 0 Å². The topological polar surface area (TPSA) is 52.6 Å². The van der Waals surface area contributed by atoms with Crippen molar-refractivity contribution in [2.75, 3.05) is 26.7 Å². The number of rotatable bonds is 10. The summed E-state index contributed by atoms with van der Waals surface area (Å²) in [6.07, 6.45) is 2.35. The first kappa shape index (κ1) is 20.9. The number of nitrogens with one attached hydrogen (secondary N) is 2. The van der Waals surface area contributed by atoms with Gasteiger partial charge in [-0.15, -0.1) is 11.3 Å². The molecule has 1 aromatic rings. The van der Waals surface area contributed by atoms with E-state index in [1.807, 2.05) is 0 Å². The quantitative estimate of drug-likeness (QED) is 0.384. The van der Waals surface area contributed by atoms with E-state index in [1.54, 1.807) is 11.3 Å². The summed E-state index contributed by atoms with van der Waals surface area (Å²) in [5.41, 5.74) is 1.16. The van der Waals surface area contributed by atoms with Gasteiger partial charge in [-0.3, -0.25) is 0 Å². The predicted octanol–water partition coefficient (Wildman–Crippen LogP) is 3.44. The number of hydrogen-bond donors (Lipinski definition) is 2.